The molecule has 5 heteroatoms. The average molecular weight is 347 g/mol. The quantitative estimate of drug-likeness (QED) is 0.697. The van der Waals surface area contributed by atoms with Crippen LogP contribution < -0.4 is 15.1 Å². The normalized spacial score (nSPS) is 10.5. The molecule has 0 fully saturated rings. The molecule has 0 spiro atoms. The van der Waals surface area contributed by atoms with Crippen molar-refractivity contribution in [3.05, 3.63) is 66.4 Å². The fourth-order valence-electron chi connectivity index (χ4n) is 2.78. The van der Waals surface area contributed by atoms with Gasteiger partial charge in [-0.05, 0) is 50.2 Å². The molecule has 3 aromatic rings. The van der Waals surface area contributed by atoms with Gasteiger partial charge < -0.3 is 15.1 Å². The van der Waals surface area contributed by atoms with E-state index < -0.39 is 0 Å². The van der Waals surface area contributed by atoms with Crippen molar-refractivity contribution in [2.75, 3.05) is 35.8 Å². The highest BCUT2D eigenvalue weighted by atomic mass is 15.3. The molecule has 0 saturated heterocycles. The summed E-state index contributed by atoms with van der Waals surface area (Å²) in [5.41, 5.74) is 4.18. The van der Waals surface area contributed by atoms with Gasteiger partial charge >= 0.3 is 0 Å². The first kappa shape index (κ1) is 17.7. The summed E-state index contributed by atoms with van der Waals surface area (Å²) in [5, 5.41) is 3.39. The molecule has 1 heterocycles. The van der Waals surface area contributed by atoms with Gasteiger partial charge in [0.2, 0.25) is 5.95 Å². The van der Waals surface area contributed by atoms with E-state index in [2.05, 4.69) is 63.4 Å². The molecule has 0 bridgehead atoms. The van der Waals surface area contributed by atoms with Gasteiger partial charge in [-0.25, -0.2) is 4.98 Å². The van der Waals surface area contributed by atoms with Crippen LogP contribution in [0.1, 0.15) is 12.6 Å². The van der Waals surface area contributed by atoms with Crippen molar-refractivity contribution in [1.29, 1.82) is 0 Å². The Bertz CT molecular complexity index is 844. The average Bonchev–Trinajstić information content (AvgIpc) is 2.63. The molecular formula is C21H25N5. The molecule has 26 heavy (non-hydrogen) atoms. The lowest BCUT2D eigenvalue weighted by molar-refractivity contribution is 0.936. The second kappa shape index (κ2) is 7.87. The molecule has 0 saturated carbocycles. The Labute approximate surface area is 155 Å². The number of nitrogens with one attached hydrogen (secondary N) is 1. The van der Waals surface area contributed by atoms with Gasteiger partial charge in [-0.15, -0.1) is 0 Å². The lowest BCUT2D eigenvalue weighted by Gasteiger charge is -2.22. The van der Waals surface area contributed by atoms with E-state index in [9.17, 15) is 0 Å². The van der Waals surface area contributed by atoms with Crippen molar-refractivity contribution in [1.82, 2.24) is 9.97 Å². The number of aryl methyl sites for hydroxylation is 1. The molecule has 0 amide bonds. The number of rotatable bonds is 6. The van der Waals surface area contributed by atoms with Crippen LogP contribution in [0.4, 0.5) is 28.8 Å². The van der Waals surface area contributed by atoms with Gasteiger partial charge in [0.1, 0.15) is 5.82 Å². The molecule has 0 radical (unpaired) electrons. The molecule has 0 aliphatic heterocycles. The molecule has 1 N–H and O–H groups in total. The summed E-state index contributed by atoms with van der Waals surface area (Å²) in [6.07, 6.45) is 0. The molecule has 0 aliphatic carbocycles. The van der Waals surface area contributed by atoms with Crippen molar-refractivity contribution in [3.8, 4) is 0 Å². The van der Waals surface area contributed by atoms with E-state index in [1.165, 1.54) is 0 Å². The highest BCUT2D eigenvalue weighted by Gasteiger charge is 2.12. The van der Waals surface area contributed by atoms with Gasteiger partial charge in [-0.2, -0.15) is 4.98 Å². The summed E-state index contributed by atoms with van der Waals surface area (Å²) < 4.78 is 0. The van der Waals surface area contributed by atoms with E-state index >= 15 is 0 Å². The van der Waals surface area contributed by atoms with Crippen molar-refractivity contribution in [2.24, 2.45) is 0 Å². The number of benzene rings is 2. The topological polar surface area (TPSA) is 44.3 Å². The fourth-order valence-corrected chi connectivity index (χ4v) is 2.78. The first-order valence-electron chi connectivity index (χ1n) is 8.79. The van der Waals surface area contributed by atoms with Crippen LogP contribution in [0.2, 0.25) is 0 Å². The van der Waals surface area contributed by atoms with Crippen LogP contribution in [-0.2, 0) is 0 Å². The van der Waals surface area contributed by atoms with E-state index in [1.807, 2.05) is 45.3 Å². The number of para-hydroxylation sites is 1. The van der Waals surface area contributed by atoms with Gasteiger partial charge in [0.15, 0.2) is 0 Å². The van der Waals surface area contributed by atoms with Crippen LogP contribution in [0, 0.1) is 6.92 Å². The van der Waals surface area contributed by atoms with E-state index in [1.54, 1.807) is 0 Å². The van der Waals surface area contributed by atoms with Gasteiger partial charge in [0, 0.05) is 49.5 Å². The third-order valence-corrected chi connectivity index (χ3v) is 4.12. The highest BCUT2D eigenvalue weighted by molar-refractivity contribution is 5.63. The van der Waals surface area contributed by atoms with Crippen molar-refractivity contribution in [2.45, 2.75) is 13.8 Å². The summed E-state index contributed by atoms with van der Waals surface area (Å²) >= 11 is 0. The van der Waals surface area contributed by atoms with Gasteiger partial charge in [-0.3, -0.25) is 0 Å². The minimum Gasteiger partial charge on any atom is -0.378 e. The standard InChI is InChI=1S/C21H25N5/c1-5-26(19-9-7-6-8-10-19)21-22-16(2)15-20(24-21)23-17-11-13-18(14-12-17)25(3)4/h6-15H,5H2,1-4H3,(H,22,23,24). The molecule has 2 aromatic carbocycles. The van der Waals surface area contributed by atoms with Crippen LogP contribution in [0.5, 0.6) is 0 Å². The zero-order chi connectivity index (χ0) is 18.5. The van der Waals surface area contributed by atoms with Crippen molar-refractivity contribution >= 4 is 28.8 Å². The van der Waals surface area contributed by atoms with Crippen molar-refractivity contribution in [3.63, 3.8) is 0 Å². The maximum Gasteiger partial charge on any atom is 0.232 e. The Balaban J connectivity index is 1.87. The zero-order valence-corrected chi connectivity index (χ0v) is 15.8. The number of anilines is 5. The van der Waals surface area contributed by atoms with Crippen LogP contribution in [0.15, 0.2) is 60.7 Å². The molecular weight excluding hydrogens is 322 g/mol. The summed E-state index contributed by atoms with van der Waals surface area (Å²) in [6.45, 7) is 4.89. The molecule has 0 atom stereocenters. The highest BCUT2D eigenvalue weighted by Crippen LogP contribution is 2.25. The SMILES string of the molecule is CCN(c1ccccc1)c1nc(C)cc(Nc2ccc(N(C)C)cc2)n1. The summed E-state index contributed by atoms with van der Waals surface area (Å²) in [5.74, 6) is 1.49. The van der Waals surface area contributed by atoms with E-state index in [0.717, 1.165) is 35.1 Å². The Kier molecular flexibility index (Phi) is 5.37. The lowest BCUT2D eigenvalue weighted by atomic mass is 10.2. The summed E-state index contributed by atoms with van der Waals surface area (Å²) in [6, 6.07) is 20.5. The predicted octanol–water partition coefficient (Wildman–Crippen LogP) is 4.75. The first-order chi connectivity index (χ1) is 12.6. The number of nitrogens with zero attached hydrogens (tertiary/aromatic N) is 4. The largest absolute Gasteiger partial charge is 0.378 e. The third-order valence-electron chi connectivity index (χ3n) is 4.12. The summed E-state index contributed by atoms with van der Waals surface area (Å²) in [7, 11) is 4.07. The maximum absolute atomic E-state index is 4.73. The summed E-state index contributed by atoms with van der Waals surface area (Å²) in [4.78, 5) is 13.5. The van der Waals surface area contributed by atoms with Gasteiger partial charge in [0.05, 0.1) is 0 Å². The number of aromatic nitrogens is 2. The van der Waals surface area contributed by atoms with Crippen LogP contribution >= 0.6 is 0 Å². The Morgan fingerprint density at radius 1 is 0.885 bits per heavy atom. The van der Waals surface area contributed by atoms with E-state index in [4.69, 9.17) is 4.98 Å². The Hall–Kier alpha value is -3.08. The monoisotopic (exact) mass is 347 g/mol. The molecule has 1 aromatic heterocycles. The molecule has 134 valence electrons. The smallest absolute Gasteiger partial charge is 0.232 e. The molecule has 0 unspecified atom stereocenters. The van der Waals surface area contributed by atoms with Crippen LogP contribution in [0.3, 0.4) is 0 Å². The first-order valence-corrected chi connectivity index (χ1v) is 8.79. The second-order valence-corrected chi connectivity index (χ2v) is 6.34. The molecule has 3 rings (SSSR count). The minimum atomic E-state index is 0.700. The second-order valence-electron chi connectivity index (χ2n) is 6.34. The molecule has 0 aliphatic rings. The fraction of sp³-hybridized carbons (Fsp3) is 0.238. The number of hydrogen-bond acceptors (Lipinski definition) is 5. The zero-order valence-electron chi connectivity index (χ0n) is 15.8. The molecule has 5 nitrogen and oxygen atoms in total. The van der Waals surface area contributed by atoms with Crippen LogP contribution in [-0.4, -0.2) is 30.6 Å². The van der Waals surface area contributed by atoms with Gasteiger partial charge in [0.25, 0.3) is 0 Å². The predicted molar refractivity (Wildman–Crippen MR) is 110 cm³/mol. The minimum absolute atomic E-state index is 0.700. The van der Waals surface area contributed by atoms with E-state index in [-0.39, 0.29) is 0 Å². The maximum atomic E-state index is 4.73. The van der Waals surface area contributed by atoms with Crippen molar-refractivity contribution < 1.29 is 0 Å². The van der Waals surface area contributed by atoms with Crippen LogP contribution in [0.25, 0.3) is 0 Å². The third kappa shape index (κ3) is 4.11. The number of hydrogen-bond donors (Lipinski definition) is 1. The Morgan fingerprint density at radius 3 is 2.19 bits per heavy atom. The Morgan fingerprint density at radius 2 is 1.58 bits per heavy atom. The van der Waals surface area contributed by atoms with Gasteiger partial charge in [-0.1, -0.05) is 18.2 Å². The lowest BCUT2D eigenvalue weighted by Crippen LogP contribution is -2.19. The van der Waals surface area contributed by atoms with E-state index in [0.29, 0.717) is 5.95 Å².